The Morgan fingerprint density at radius 1 is 1.10 bits per heavy atom. The molecule has 0 aliphatic rings. The number of hydrogen-bond acceptors (Lipinski definition) is 4. The van der Waals surface area contributed by atoms with Gasteiger partial charge in [0.15, 0.2) is 5.76 Å². The highest BCUT2D eigenvalue weighted by molar-refractivity contribution is 14.1. The SMILES string of the molecule is O=C(NN=Cc1ccccc1C(F)(F)F)c1ccc(COc2ccc(I)cc2)o1. The lowest BCUT2D eigenvalue weighted by Crippen LogP contribution is -2.17. The van der Waals surface area contributed by atoms with Crippen molar-refractivity contribution in [1.82, 2.24) is 5.43 Å². The second-order valence-corrected chi connectivity index (χ2v) is 7.04. The van der Waals surface area contributed by atoms with Gasteiger partial charge in [-0.2, -0.15) is 18.3 Å². The first-order chi connectivity index (χ1) is 13.8. The Bertz CT molecular complexity index is 1010. The summed E-state index contributed by atoms with van der Waals surface area (Å²) >= 11 is 2.18. The number of alkyl halides is 3. The summed E-state index contributed by atoms with van der Waals surface area (Å²) in [5.74, 6) is 0.347. The van der Waals surface area contributed by atoms with Gasteiger partial charge in [0.05, 0.1) is 11.8 Å². The summed E-state index contributed by atoms with van der Waals surface area (Å²) in [5.41, 5.74) is 1.14. The second-order valence-electron chi connectivity index (χ2n) is 5.79. The standard InChI is InChI=1S/C20H14F3IN2O3/c21-20(22,23)17-4-2-1-3-13(17)11-25-26-19(27)18-10-9-16(29-18)12-28-15-7-5-14(24)6-8-15/h1-11H,12H2,(H,26,27). The van der Waals surface area contributed by atoms with E-state index in [1.54, 1.807) is 6.07 Å². The lowest BCUT2D eigenvalue weighted by atomic mass is 10.1. The highest BCUT2D eigenvalue weighted by Gasteiger charge is 2.32. The third-order valence-electron chi connectivity index (χ3n) is 3.72. The number of rotatable bonds is 6. The third-order valence-corrected chi connectivity index (χ3v) is 4.44. The van der Waals surface area contributed by atoms with Crippen LogP contribution in [0.2, 0.25) is 0 Å². The molecule has 0 bridgehead atoms. The maximum Gasteiger partial charge on any atom is 0.417 e. The normalized spacial score (nSPS) is 11.6. The van der Waals surface area contributed by atoms with Gasteiger partial charge in [-0.05, 0) is 65.1 Å². The number of furan rings is 1. The minimum absolute atomic E-state index is 0.0348. The van der Waals surface area contributed by atoms with Crippen LogP contribution in [-0.2, 0) is 12.8 Å². The molecule has 0 aliphatic carbocycles. The molecule has 0 radical (unpaired) electrons. The van der Waals surface area contributed by atoms with Crippen molar-refractivity contribution in [2.75, 3.05) is 0 Å². The summed E-state index contributed by atoms with van der Waals surface area (Å²) in [5, 5.41) is 3.59. The number of hydrogen-bond donors (Lipinski definition) is 1. The van der Waals surface area contributed by atoms with E-state index in [4.69, 9.17) is 9.15 Å². The quantitative estimate of drug-likeness (QED) is 0.278. The van der Waals surface area contributed by atoms with Crippen LogP contribution in [0.3, 0.4) is 0 Å². The maximum absolute atomic E-state index is 12.9. The number of nitrogens with zero attached hydrogens (tertiary/aromatic N) is 1. The van der Waals surface area contributed by atoms with Gasteiger partial charge in [-0.25, -0.2) is 5.43 Å². The second kappa shape index (κ2) is 9.12. The molecule has 0 spiro atoms. The first-order valence-electron chi connectivity index (χ1n) is 8.29. The molecule has 0 atom stereocenters. The van der Waals surface area contributed by atoms with Crippen LogP contribution in [0.5, 0.6) is 5.75 Å². The first-order valence-corrected chi connectivity index (χ1v) is 9.37. The van der Waals surface area contributed by atoms with E-state index >= 15 is 0 Å². The average molecular weight is 514 g/mol. The van der Waals surface area contributed by atoms with Gasteiger partial charge in [0.1, 0.15) is 18.1 Å². The number of carbonyl (C=O) groups is 1. The minimum atomic E-state index is -4.51. The number of benzene rings is 2. The van der Waals surface area contributed by atoms with Crippen molar-refractivity contribution in [1.29, 1.82) is 0 Å². The molecule has 150 valence electrons. The number of halogens is 4. The van der Waals surface area contributed by atoms with Crippen molar-refractivity contribution < 1.29 is 27.1 Å². The van der Waals surface area contributed by atoms with Crippen LogP contribution in [0.25, 0.3) is 0 Å². The van der Waals surface area contributed by atoms with E-state index in [1.165, 1.54) is 24.3 Å². The Hall–Kier alpha value is -2.82. The molecule has 2 aromatic carbocycles. The Morgan fingerprint density at radius 3 is 2.55 bits per heavy atom. The van der Waals surface area contributed by atoms with Gasteiger partial charge in [0.25, 0.3) is 0 Å². The molecule has 1 N–H and O–H groups in total. The van der Waals surface area contributed by atoms with Crippen LogP contribution in [0.15, 0.2) is 70.2 Å². The third kappa shape index (κ3) is 5.83. The van der Waals surface area contributed by atoms with E-state index in [-0.39, 0.29) is 17.9 Å². The van der Waals surface area contributed by atoms with Crippen molar-refractivity contribution in [2.24, 2.45) is 5.10 Å². The van der Waals surface area contributed by atoms with Gasteiger partial charge >= 0.3 is 12.1 Å². The van der Waals surface area contributed by atoms with Crippen LogP contribution >= 0.6 is 22.6 Å². The Kier molecular flexibility index (Phi) is 6.57. The van der Waals surface area contributed by atoms with Crippen molar-refractivity contribution in [3.63, 3.8) is 0 Å². The molecule has 0 fully saturated rings. The van der Waals surface area contributed by atoms with Crippen molar-refractivity contribution in [3.8, 4) is 5.75 Å². The fraction of sp³-hybridized carbons (Fsp3) is 0.100. The highest BCUT2D eigenvalue weighted by atomic mass is 127. The molecule has 1 aromatic heterocycles. The van der Waals surface area contributed by atoms with E-state index < -0.39 is 17.6 Å². The molecular weight excluding hydrogens is 500 g/mol. The summed E-state index contributed by atoms with van der Waals surface area (Å²) < 4.78 is 50.8. The number of amides is 1. The zero-order chi connectivity index (χ0) is 20.9. The summed E-state index contributed by atoms with van der Waals surface area (Å²) in [6, 6.07) is 15.3. The number of nitrogens with one attached hydrogen (secondary N) is 1. The number of carbonyl (C=O) groups excluding carboxylic acids is 1. The van der Waals surface area contributed by atoms with Crippen LogP contribution in [0.1, 0.15) is 27.4 Å². The Balaban J connectivity index is 1.58. The predicted octanol–water partition coefficient (Wildman–Crippen LogP) is 5.25. The lowest BCUT2D eigenvalue weighted by molar-refractivity contribution is -0.137. The van der Waals surface area contributed by atoms with E-state index in [9.17, 15) is 18.0 Å². The fourth-order valence-corrected chi connectivity index (χ4v) is 2.71. The highest BCUT2D eigenvalue weighted by Crippen LogP contribution is 2.31. The molecule has 3 aromatic rings. The predicted molar refractivity (Wildman–Crippen MR) is 109 cm³/mol. The molecule has 0 saturated heterocycles. The van der Waals surface area contributed by atoms with Gasteiger partial charge in [-0.3, -0.25) is 4.79 Å². The molecule has 1 amide bonds. The van der Waals surface area contributed by atoms with E-state index in [1.807, 2.05) is 24.3 Å². The minimum Gasteiger partial charge on any atom is -0.486 e. The molecule has 5 nitrogen and oxygen atoms in total. The molecule has 0 unspecified atom stereocenters. The van der Waals surface area contributed by atoms with Gasteiger partial charge < -0.3 is 9.15 Å². The van der Waals surface area contributed by atoms with Gasteiger partial charge in [-0.15, -0.1) is 0 Å². The first kappa shape index (κ1) is 20.9. The topological polar surface area (TPSA) is 63.8 Å². The number of ether oxygens (including phenoxy) is 1. The summed E-state index contributed by atoms with van der Waals surface area (Å²) in [7, 11) is 0. The van der Waals surface area contributed by atoms with Crippen molar-refractivity contribution in [3.05, 3.63) is 86.9 Å². The summed E-state index contributed by atoms with van der Waals surface area (Å²) in [4.78, 5) is 12.1. The summed E-state index contributed by atoms with van der Waals surface area (Å²) in [6.45, 7) is 0.121. The monoisotopic (exact) mass is 514 g/mol. The van der Waals surface area contributed by atoms with E-state index in [2.05, 4.69) is 33.1 Å². The zero-order valence-electron chi connectivity index (χ0n) is 14.7. The fourth-order valence-electron chi connectivity index (χ4n) is 2.35. The maximum atomic E-state index is 12.9. The van der Waals surface area contributed by atoms with E-state index in [0.717, 1.165) is 15.9 Å². The molecule has 0 saturated carbocycles. The van der Waals surface area contributed by atoms with Crippen molar-refractivity contribution in [2.45, 2.75) is 12.8 Å². The van der Waals surface area contributed by atoms with Crippen molar-refractivity contribution >= 4 is 34.7 Å². The molecule has 1 heterocycles. The lowest BCUT2D eigenvalue weighted by Gasteiger charge is -2.09. The van der Waals surface area contributed by atoms with Crippen LogP contribution in [0, 0.1) is 3.57 Å². The average Bonchev–Trinajstić information content (AvgIpc) is 3.16. The van der Waals surface area contributed by atoms with Gasteiger partial charge in [0, 0.05) is 9.13 Å². The van der Waals surface area contributed by atoms with Crippen LogP contribution < -0.4 is 10.2 Å². The van der Waals surface area contributed by atoms with Crippen LogP contribution in [-0.4, -0.2) is 12.1 Å². The van der Waals surface area contributed by atoms with Crippen LogP contribution in [0.4, 0.5) is 13.2 Å². The molecule has 3 rings (SSSR count). The van der Waals surface area contributed by atoms with Gasteiger partial charge in [-0.1, -0.05) is 18.2 Å². The Morgan fingerprint density at radius 2 is 1.83 bits per heavy atom. The smallest absolute Gasteiger partial charge is 0.417 e. The number of hydrazone groups is 1. The van der Waals surface area contributed by atoms with E-state index in [0.29, 0.717) is 11.5 Å². The largest absolute Gasteiger partial charge is 0.486 e. The van der Waals surface area contributed by atoms with Gasteiger partial charge in [0.2, 0.25) is 0 Å². The molecule has 9 heteroatoms. The molecular formula is C20H14F3IN2O3. The Labute approximate surface area is 177 Å². The molecule has 29 heavy (non-hydrogen) atoms. The zero-order valence-corrected chi connectivity index (χ0v) is 16.9. The molecule has 0 aliphatic heterocycles. The summed E-state index contributed by atoms with van der Waals surface area (Å²) in [6.07, 6.45) is -3.58.